The molecule has 1 aliphatic heterocycles. The molecule has 1 aromatic carbocycles. The minimum Gasteiger partial charge on any atom is -0.469 e. The molecule has 0 unspecified atom stereocenters. The third kappa shape index (κ3) is 3.13. The third-order valence-electron chi connectivity index (χ3n) is 3.54. The van der Waals surface area contributed by atoms with Gasteiger partial charge in [-0.05, 0) is 31.9 Å². The highest BCUT2D eigenvalue weighted by Gasteiger charge is 2.29. The van der Waals surface area contributed by atoms with Gasteiger partial charge in [0.2, 0.25) is 0 Å². The van der Waals surface area contributed by atoms with E-state index in [1.165, 1.54) is 7.11 Å². The normalized spacial score (nSPS) is 19.1. The quantitative estimate of drug-likeness (QED) is 0.765. The van der Waals surface area contributed by atoms with Gasteiger partial charge in [-0.2, -0.15) is 0 Å². The fraction of sp³-hybridized carbons (Fsp3) is 0.467. The average Bonchev–Trinajstić information content (AvgIpc) is 2.46. The second kappa shape index (κ2) is 5.87. The number of ether oxygens (including phenoxy) is 1. The largest absolute Gasteiger partial charge is 0.469 e. The molecule has 2 rings (SSSR count). The van der Waals surface area contributed by atoms with E-state index in [0.717, 1.165) is 18.4 Å². The molecule has 0 saturated carbocycles. The Labute approximate surface area is 113 Å². The number of esters is 1. The fourth-order valence-electron chi connectivity index (χ4n) is 2.40. The van der Waals surface area contributed by atoms with Crippen molar-refractivity contribution in [1.29, 1.82) is 0 Å². The molecule has 4 heteroatoms. The van der Waals surface area contributed by atoms with E-state index in [-0.39, 0.29) is 17.8 Å². The summed E-state index contributed by atoms with van der Waals surface area (Å²) >= 11 is 0. The number of hydrogen-bond acceptors (Lipinski definition) is 3. The molecule has 1 heterocycles. The van der Waals surface area contributed by atoms with Gasteiger partial charge in [-0.15, -0.1) is 0 Å². The van der Waals surface area contributed by atoms with E-state index < -0.39 is 0 Å². The number of carbonyl (C=O) groups excluding carboxylic acids is 2. The maximum atomic E-state index is 12.3. The summed E-state index contributed by atoms with van der Waals surface area (Å²) in [5, 5.41) is 0. The van der Waals surface area contributed by atoms with Crippen LogP contribution < -0.4 is 0 Å². The van der Waals surface area contributed by atoms with Gasteiger partial charge in [0.25, 0.3) is 5.91 Å². The molecule has 4 nitrogen and oxygen atoms in total. The summed E-state index contributed by atoms with van der Waals surface area (Å²) in [4.78, 5) is 25.6. The van der Waals surface area contributed by atoms with E-state index in [1.807, 2.05) is 31.2 Å². The molecule has 19 heavy (non-hydrogen) atoms. The van der Waals surface area contributed by atoms with Crippen molar-refractivity contribution in [2.45, 2.75) is 19.8 Å². The highest BCUT2D eigenvalue weighted by atomic mass is 16.5. The summed E-state index contributed by atoms with van der Waals surface area (Å²) in [5.41, 5.74) is 1.80. The molecule has 1 amide bonds. The fourth-order valence-corrected chi connectivity index (χ4v) is 2.40. The van der Waals surface area contributed by atoms with Crippen LogP contribution in [0, 0.1) is 12.8 Å². The molecule has 0 aromatic heterocycles. The third-order valence-corrected chi connectivity index (χ3v) is 3.54. The van der Waals surface area contributed by atoms with E-state index in [4.69, 9.17) is 4.74 Å². The predicted molar refractivity (Wildman–Crippen MR) is 71.8 cm³/mol. The standard InChI is InChI=1S/C15H19NO3/c1-11-5-7-12(8-6-11)14(17)16-9-3-4-13(10-16)15(18)19-2/h5-8,13H,3-4,9-10H2,1-2H3/t13-/m0/s1. The van der Waals surface area contributed by atoms with E-state index in [9.17, 15) is 9.59 Å². The molecular weight excluding hydrogens is 242 g/mol. The van der Waals surface area contributed by atoms with Crippen molar-refractivity contribution in [2.24, 2.45) is 5.92 Å². The molecule has 0 radical (unpaired) electrons. The maximum absolute atomic E-state index is 12.3. The van der Waals surface area contributed by atoms with Crippen LogP contribution in [0.4, 0.5) is 0 Å². The van der Waals surface area contributed by atoms with Gasteiger partial charge in [-0.3, -0.25) is 9.59 Å². The van der Waals surface area contributed by atoms with E-state index in [2.05, 4.69) is 0 Å². The Hall–Kier alpha value is -1.84. The van der Waals surface area contributed by atoms with E-state index in [1.54, 1.807) is 4.90 Å². The Morgan fingerprint density at radius 1 is 1.26 bits per heavy atom. The van der Waals surface area contributed by atoms with Gasteiger partial charge >= 0.3 is 5.97 Å². The molecule has 1 aliphatic rings. The smallest absolute Gasteiger partial charge is 0.310 e. The van der Waals surface area contributed by atoms with Crippen LogP contribution >= 0.6 is 0 Å². The minimum atomic E-state index is -0.221. The number of hydrogen-bond donors (Lipinski definition) is 0. The number of nitrogens with zero attached hydrogens (tertiary/aromatic N) is 1. The second-order valence-electron chi connectivity index (χ2n) is 4.98. The number of rotatable bonds is 2. The van der Waals surface area contributed by atoms with Gasteiger partial charge in [-0.1, -0.05) is 17.7 Å². The first-order chi connectivity index (χ1) is 9.11. The van der Waals surface area contributed by atoms with Crippen molar-refractivity contribution in [1.82, 2.24) is 4.90 Å². The predicted octanol–water partition coefficient (Wildman–Crippen LogP) is 2.02. The van der Waals surface area contributed by atoms with Crippen LogP contribution in [-0.4, -0.2) is 37.0 Å². The monoisotopic (exact) mass is 261 g/mol. The number of carbonyl (C=O) groups is 2. The Morgan fingerprint density at radius 3 is 2.58 bits per heavy atom. The first-order valence-corrected chi connectivity index (χ1v) is 6.55. The lowest BCUT2D eigenvalue weighted by Crippen LogP contribution is -2.42. The topological polar surface area (TPSA) is 46.6 Å². The van der Waals surface area contributed by atoms with Gasteiger partial charge in [0, 0.05) is 18.7 Å². The highest BCUT2D eigenvalue weighted by Crippen LogP contribution is 2.19. The van der Waals surface area contributed by atoms with E-state index >= 15 is 0 Å². The van der Waals surface area contributed by atoms with Gasteiger partial charge in [0.05, 0.1) is 13.0 Å². The van der Waals surface area contributed by atoms with Crippen molar-refractivity contribution in [3.05, 3.63) is 35.4 Å². The number of aryl methyl sites for hydroxylation is 1. The van der Waals surface area contributed by atoms with Crippen molar-refractivity contribution in [3.8, 4) is 0 Å². The Balaban J connectivity index is 2.06. The molecule has 1 saturated heterocycles. The number of amides is 1. The van der Waals surface area contributed by atoms with Gasteiger partial charge in [-0.25, -0.2) is 0 Å². The lowest BCUT2D eigenvalue weighted by atomic mass is 9.97. The summed E-state index contributed by atoms with van der Waals surface area (Å²) in [5.74, 6) is -0.414. The molecule has 0 spiro atoms. The molecule has 0 bridgehead atoms. The van der Waals surface area contributed by atoms with Gasteiger partial charge in [0.1, 0.15) is 0 Å². The Kier molecular flexibility index (Phi) is 4.20. The Bertz CT molecular complexity index is 467. The van der Waals surface area contributed by atoms with Crippen molar-refractivity contribution in [2.75, 3.05) is 20.2 Å². The number of methoxy groups -OCH3 is 1. The zero-order valence-corrected chi connectivity index (χ0v) is 11.4. The lowest BCUT2D eigenvalue weighted by Gasteiger charge is -2.31. The highest BCUT2D eigenvalue weighted by molar-refractivity contribution is 5.94. The molecule has 0 aliphatic carbocycles. The first-order valence-electron chi connectivity index (χ1n) is 6.55. The summed E-state index contributed by atoms with van der Waals surface area (Å²) in [6.07, 6.45) is 1.64. The van der Waals surface area contributed by atoms with Crippen LogP contribution in [0.25, 0.3) is 0 Å². The van der Waals surface area contributed by atoms with Crippen molar-refractivity contribution < 1.29 is 14.3 Å². The van der Waals surface area contributed by atoms with Crippen LogP contribution in [-0.2, 0) is 9.53 Å². The molecule has 1 atom stereocenters. The van der Waals surface area contributed by atoms with Crippen LogP contribution in [0.3, 0.4) is 0 Å². The van der Waals surface area contributed by atoms with Crippen LogP contribution in [0.15, 0.2) is 24.3 Å². The number of likely N-dealkylation sites (tertiary alicyclic amines) is 1. The van der Waals surface area contributed by atoms with Crippen molar-refractivity contribution in [3.63, 3.8) is 0 Å². The Morgan fingerprint density at radius 2 is 1.95 bits per heavy atom. The SMILES string of the molecule is COC(=O)[C@H]1CCCN(C(=O)c2ccc(C)cc2)C1. The molecule has 0 N–H and O–H groups in total. The van der Waals surface area contributed by atoms with Crippen LogP contribution in [0.2, 0.25) is 0 Å². The van der Waals surface area contributed by atoms with Crippen LogP contribution in [0.5, 0.6) is 0 Å². The summed E-state index contributed by atoms with van der Waals surface area (Å²) in [7, 11) is 1.39. The number of benzene rings is 1. The average molecular weight is 261 g/mol. The van der Waals surface area contributed by atoms with Crippen LogP contribution in [0.1, 0.15) is 28.8 Å². The van der Waals surface area contributed by atoms with Gasteiger partial charge < -0.3 is 9.64 Å². The molecular formula is C15H19NO3. The second-order valence-corrected chi connectivity index (χ2v) is 4.98. The first kappa shape index (κ1) is 13.6. The molecule has 102 valence electrons. The molecule has 1 fully saturated rings. The van der Waals surface area contributed by atoms with Crippen molar-refractivity contribution >= 4 is 11.9 Å². The summed E-state index contributed by atoms with van der Waals surface area (Å²) in [6, 6.07) is 7.52. The zero-order valence-electron chi connectivity index (χ0n) is 11.4. The number of piperidine rings is 1. The zero-order chi connectivity index (χ0) is 13.8. The maximum Gasteiger partial charge on any atom is 0.310 e. The summed E-state index contributed by atoms with van der Waals surface area (Å²) in [6.45, 7) is 3.15. The minimum absolute atomic E-state index is 0.00592. The van der Waals surface area contributed by atoms with Gasteiger partial charge in [0.15, 0.2) is 0 Å². The lowest BCUT2D eigenvalue weighted by molar-refractivity contribution is -0.146. The summed E-state index contributed by atoms with van der Waals surface area (Å²) < 4.78 is 4.76. The molecule has 1 aromatic rings. The van der Waals surface area contributed by atoms with E-state index in [0.29, 0.717) is 18.7 Å².